The van der Waals surface area contributed by atoms with Gasteiger partial charge in [-0.3, -0.25) is 14.5 Å². The Labute approximate surface area is 193 Å². The number of imide groups is 1. The molecule has 0 radical (unpaired) electrons. The summed E-state index contributed by atoms with van der Waals surface area (Å²) in [6, 6.07) is 6.79. The highest BCUT2D eigenvalue weighted by molar-refractivity contribution is 6.21. The lowest BCUT2D eigenvalue weighted by Crippen LogP contribution is -2.33. The van der Waals surface area contributed by atoms with Gasteiger partial charge in [-0.1, -0.05) is 18.7 Å². The largest absolute Gasteiger partial charge is 0.460 e. The van der Waals surface area contributed by atoms with Crippen molar-refractivity contribution in [1.29, 1.82) is 0 Å². The van der Waals surface area contributed by atoms with Crippen molar-refractivity contribution in [3.05, 3.63) is 48.0 Å². The number of hydrogen-bond acceptors (Lipinski definition) is 9. The Balaban J connectivity index is 1.32. The second kappa shape index (κ2) is 16.1. The number of nitrogens with zero attached hydrogens (tertiary/aromatic N) is 1. The van der Waals surface area contributed by atoms with E-state index in [2.05, 4.69) is 6.58 Å². The molecular formula is C23H31NO9. The fourth-order valence-electron chi connectivity index (χ4n) is 2.84. The molecule has 2 amide bonds. The van der Waals surface area contributed by atoms with Gasteiger partial charge < -0.3 is 28.4 Å². The van der Waals surface area contributed by atoms with Crippen LogP contribution in [-0.2, 0) is 33.2 Å². The molecule has 0 aromatic heterocycles. The van der Waals surface area contributed by atoms with Crippen molar-refractivity contribution < 1.29 is 42.8 Å². The van der Waals surface area contributed by atoms with Crippen molar-refractivity contribution in [2.75, 3.05) is 79.2 Å². The summed E-state index contributed by atoms with van der Waals surface area (Å²) in [5.74, 6) is -1.03. The normalized spacial score (nSPS) is 12.8. The molecule has 2 rings (SSSR count). The third-order valence-corrected chi connectivity index (χ3v) is 4.46. The molecule has 0 saturated heterocycles. The molecule has 0 atom stereocenters. The Hall–Kier alpha value is -2.63. The van der Waals surface area contributed by atoms with Crippen molar-refractivity contribution >= 4 is 17.8 Å². The van der Waals surface area contributed by atoms with Crippen molar-refractivity contribution in [1.82, 2.24) is 4.90 Å². The van der Waals surface area contributed by atoms with Crippen molar-refractivity contribution in [3.63, 3.8) is 0 Å². The predicted molar refractivity (Wildman–Crippen MR) is 117 cm³/mol. The quantitative estimate of drug-likeness (QED) is 0.128. The van der Waals surface area contributed by atoms with E-state index in [1.807, 2.05) is 0 Å². The van der Waals surface area contributed by atoms with Gasteiger partial charge in [0.2, 0.25) is 0 Å². The lowest BCUT2D eigenvalue weighted by Gasteiger charge is -2.13. The SMILES string of the molecule is C=CC(=O)OCCOCCOCCOCCOCCOCCN1C(=O)c2ccccc2C1=O. The van der Waals surface area contributed by atoms with Crippen LogP contribution in [-0.4, -0.2) is 102 Å². The maximum absolute atomic E-state index is 12.2. The van der Waals surface area contributed by atoms with Gasteiger partial charge in [-0.05, 0) is 12.1 Å². The summed E-state index contributed by atoms with van der Waals surface area (Å²) in [7, 11) is 0. The van der Waals surface area contributed by atoms with Crippen molar-refractivity contribution in [2.45, 2.75) is 0 Å². The fraction of sp³-hybridized carbons (Fsp3) is 0.522. The van der Waals surface area contributed by atoms with E-state index in [9.17, 15) is 14.4 Å². The highest BCUT2D eigenvalue weighted by Crippen LogP contribution is 2.21. The number of ether oxygens (including phenoxy) is 6. The molecule has 1 aliphatic rings. The Bertz CT molecular complexity index is 733. The van der Waals surface area contributed by atoms with Crippen LogP contribution in [0.4, 0.5) is 0 Å². The average Bonchev–Trinajstić information content (AvgIpc) is 3.08. The Morgan fingerprint density at radius 2 is 1.09 bits per heavy atom. The lowest BCUT2D eigenvalue weighted by molar-refractivity contribution is -0.139. The van der Waals surface area contributed by atoms with Crippen molar-refractivity contribution in [2.24, 2.45) is 0 Å². The molecule has 0 spiro atoms. The summed E-state index contributed by atoms with van der Waals surface area (Å²) in [6.45, 7) is 7.58. The standard InChI is InChI=1S/C23H31NO9/c1-2-21(25)33-18-17-32-16-15-31-14-13-30-12-11-29-10-9-28-8-7-24-22(26)19-5-3-4-6-20(19)23(24)27/h2-6H,1,7-18H2. The monoisotopic (exact) mass is 465 g/mol. The smallest absolute Gasteiger partial charge is 0.330 e. The number of esters is 1. The van der Waals surface area contributed by atoms with Gasteiger partial charge in [-0.2, -0.15) is 0 Å². The van der Waals surface area contributed by atoms with Crippen LogP contribution in [0, 0.1) is 0 Å². The number of benzene rings is 1. The highest BCUT2D eigenvalue weighted by Gasteiger charge is 2.34. The third kappa shape index (κ3) is 9.80. The van der Waals surface area contributed by atoms with E-state index in [1.165, 1.54) is 4.90 Å². The minimum atomic E-state index is -0.469. The molecule has 1 aromatic carbocycles. The van der Waals surface area contributed by atoms with Gasteiger partial charge >= 0.3 is 5.97 Å². The van der Waals surface area contributed by atoms with E-state index in [0.717, 1.165) is 6.08 Å². The molecule has 0 bridgehead atoms. The minimum Gasteiger partial charge on any atom is -0.460 e. The van der Waals surface area contributed by atoms with Crippen LogP contribution >= 0.6 is 0 Å². The molecule has 33 heavy (non-hydrogen) atoms. The molecule has 1 heterocycles. The third-order valence-electron chi connectivity index (χ3n) is 4.46. The molecule has 0 fully saturated rings. The summed E-state index contributed by atoms with van der Waals surface area (Å²) in [6.07, 6.45) is 1.10. The Morgan fingerprint density at radius 3 is 1.52 bits per heavy atom. The van der Waals surface area contributed by atoms with E-state index in [0.29, 0.717) is 70.6 Å². The molecular weight excluding hydrogens is 434 g/mol. The summed E-state index contributed by atoms with van der Waals surface area (Å²) >= 11 is 0. The first-order chi connectivity index (χ1) is 16.1. The van der Waals surface area contributed by atoms with E-state index in [-0.39, 0.29) is 31.6 Å². The molecule has 10 heteroatoms. The van der Waals surface area contributed by atoms with Crippen molar-refractivity contribution in [3.8, 4) is 0 Å². The minimum absolute atomic E-state index is 0.186. The predicted octanol–water partition coefficient (Wildman–Crippen LogP) is 1.09. The number of fused-ring (bicyclic) bond motifs is 1. The second-order valence-electron chi connectivity index (χ2n) is 6.74. The maximum Gasteiger partial charge on any atom is 0.330 e. The Morgan fingerprint density at radius 1 is 0.697 bits per heavy atom. The fourth-order valence-corrected chi connectivity index (χ4v) is 2.84. The van der Waals surface area contributed by atoms with Crippen LogP contribution in [0.1, 0.15) is 20.7 Å². The summed E-state index contributed by atoms with van der Waals surface area (Å²) in [5.41, 5.74) is 0.877. The first-order valence-electron chi connectivity index (χ1n) is 10.8. The van der Waals surface area contributed by atoms with Crippen LogP contribution in [0.25, 0.3) is 0 Å². The summed E-state index contributed by atoms with van der Waals surface area (Å²) in [5, 5.41) is 0. The van der Waals surface area contributed by atoms with Gasteiger partial charge in [0.1, 0.15) is 6.61 Å². The Kier molecular flexibility index (Phi) is 13.0. The number of carbonyl (C=O) groups excluding carboxylic acids is 3. The number of carbonyl (C=O) groups is 3. The number of hydrogen-bond donors (Lipinski definition) is 0. The average molecular weight is 465 g/mol. The first-order valence-corrected chi connectivity index (χ1v) is 10.8. The van der Waals surface area contributed by atoms with E-state index in [4.69, 9.17) is 28.4 Å². The molecule has 0 aliphatic carbocycles. The van der Waals surface area contributed by atoms with Gasteiger partial charge in [0.05, 0.1) is 83.7 Å². The van der Waals surface area contributed by atoms with E-state index < -0.39 is 5.97 Å². The van der Waals surface area contributed by atoms with Gasteiger partial charge in [0.25, 0.3) is 11.8 Å². The molecule has 10 nitrogen and oxygen atoms in total. The van der Waals surface area contributed by atoms with Crippen LogP contribution in [0.2, 0.25) is 0 Å². The van der Waals surface area contributed by atoms with Crippen LogP contribution in [0.5, 0.6) is 0 Å². The molecule has 1 aliphatic heterocycles. The van der Waals surface area contributed by atoms with Gasteiger partial charge in [-0.25, -0.2) is 4.79 Å². The zero-order chi connectivity index (χ0) is 23.7. The summed E-state index contributed by atoms with van der Waals surface area (Å²) < 4.78 is 31.6. The molecule has 0 saturated carbocycles. The van der Waals surface area contributed by atoms with Crippen LogP contribution < -0.4 is 0 Å². The van der Waals surface area contributed by atoms with E-state index >= 15 is 0 Å². The molecule has 1 aromatic rings. The highest BCUT2D eigenvalue weighted by atomic mass is 16.6. The molecule has 182 valence electrons. The van der Waals surface area contributed by atoms with Crippen LogP contribution in [0.3, 0.4) is 0 Å². The first kappa shape index (κ1) is 26.6. The topological polar surface area (TPSA) is 110 Å². The van der Waals surface area contributed by atoms with Gasteiger partial charge in [0, 0.05) is 6.08 Å². The van der Waals surface area contributed by atoms with Gasteiger partial charge in [0.15, 0.2) is 0 Å². The zero-order valence-corrected chi connectivity index (χ0v) is 18.7. The lowest BCUT2D eigenvalue weighted by atomic mass is 10.1. The van der Waals surface area contributed by atoms with Gasteiger partial charge in [-0.15, -0.1) is 0 Å². The van der Waals surface area contributed by atoms with E-state index in [1.54, 1.807) is 24.3 Å². The number of rotatable bonds is 19. The zero-order valence-electron chi connectivity index (χ0n) is 18.7. The second-order valence-corrected chi connectivity index (χ2v) is 6.74. The molecule has 0 unspecified atom stereocenters. The summed E-state index contributed by atoms with van der Waals surface area (Å²) in [4.78, 5) is 36.4. The molecule has 0 N–H and O–H groups in total. The van der Waals surface area contributed by atoms with Crippen LogP contribution in [0.15, 0.2) is 36.9 Å². The maximum atomic E-state index is 12.2. The number of amides is 2.